The number of hydrogen-bond acceptors (Lipinski definition) is 4. The van der Waals surface area contributed by atoms with Crippen molar-refractivity contribution in [1.82, 2.24) is 4.90 Å². The number of hydrogen-bond donors (Lipinski definition) is 0. The normalized spacial score (nSPS) is 12.9. The Bertz CT molecular complexity index is 844. The predicted octanol–water partition coefficient (Wildman–Crippen LogP) is 4.72. The minimum Gasteiger partial charge on any atom is -0.461 e. The minimum absolute atomic E-state index is 0.104. The summed E-state index contributed by atoms with van der Waals surface area (Å²) in [5.74, 6) is -0.518. The lowest BCUT2D eigenvalue weighted by Crippen LogP contribution is -2.35. The third-order valence-corrected chi connectivity index (χ3v) is 5.06. The van der Waals surface area contributed by atoms with Gasteiger partial charge in [0.05, 0.1) is 12.3 Å². The average molecular weight is 449 g/mol. The molecular formula is C24H36N2O4S. The Kier molecular flexibility index (Phi) is 14.7. The fraction of sp³-hybridized carbons (Fsp3) is 0.417. The van der Waals surface area contributed by atoms with Crippen molar-refractivity contribution in [2.45, 2.75) is 34.1 Å². The van der Waals surface area contributed by atoms with Crippen LogP contribution in [0.4, 0.5) is 0 Å². The Balaban J connectivity index is 0.00000436. The Morgan fingerprint density at radius 1 is 1.23 bits per heavy atom. The van der Waals surface area contributed by atoms with Crippen LogP contribution >= 0.6 is 0 Å². The number of carbonyl (C=O) groups is 1. The second-order valence-corrected chi connectivity index (χ2v) is 8.11. The molecule has 1 atom stereocenters. The van der Waals surface area contributed by atoms with Crippen LogP contribution in [0.5, 0.6) is 0 Å². The monoisotopic (exact) mass is 448 g/mol. The van der Waals surface area contributed by atoms with Gasteiger partial charge in [-0.15, -0.1) is 11.0 Å². The first-order valence-electron chi connectivity index (χ1n) is 10.5. The molecule has 0 aromatic heterocycles. The summed E-state index contributed by atoms with van der Waals surface area (Å²) in [5, 5.41) is 0. The highest BCUT2D eigenvalue weighted by molar-refractivity contribution is 7.90. The topological polar surface area (TPSA) is 76.0 Å². The number of ether oxygens (including phenoxy) is 1. The van der Waals surface area contributed by atoms with E-state index in [4.69, 9.17) is 4.74 Å². The number of sulfonamides is 1. The van der Waals surface area contributed by atoms with Crippen molar-refractivity contribution >= 4 is 27.9 Å². The zero-order valence-corrected chi connectivity index (χ0v) is 20.1. The van der Waals surface area contributed by atoms with E-state index in [1.54, 1.807) is 36.3 Å². The van der Waals surface area contributed by atoms with Gasteiger partial charge in [0, 0.05) is 19.0 Å². The third kappa shape index (κ3) is 12.6. The van der Waals surface area contributed by atoms with Gasteiger partial charge in [-0.2, -0.15) is 0 Å². The van der Waals surface area contributed by atoms with Gasteiger partial charge in [0.25, 0.3) is 10.0 Å². The van der Waals surface area contributed by atoms with E-state index in [1.165, 1.54) is 6.08 Å². The maximum absolute atomic E-state index is 12.2. The lowest BCUT2D eigenvalue weighted by atomic mass is 10.1. The van der Waals surface area contributed by atoms with Crippen molar-refractivity contribution in [1.29, 1.82) is 0 Å². The Morgan fingerprint density at radius 3 is 2.45 bits per heavy atom. The molecule has 0 saturated carbocycles. The maximum atomic E-state index is 12.2. The molecule has 0 amide bonds. The number of likely N-dealkylation sites (N-methyl/N-ethyl adjacent to an activating group) is 1. The van der Waals surface area contributed by atoms with Gasteiger partial charge in [-0.25, -0.2) is 13.2 Å². The standard InChI is InChI=1S/C22H30N2O4S.C2H6/c1-5-7-11-18-29(26,27)23-22(19(3)6-2)24(4)16-17-28-21(25)15-14-20-12-9-8-10-13-20;1-2/h6-15,19H,2,5,16-18H2,1,3-4H3;1-2H3/b11-7-,15-14+,23-22-;. The molecule has 0 aliphatic heterocycles. The second-order valence-electron chi connectivity index (χ2n) is 6.44. The van der Waals surface area contributed by atoms with Crippen molar-refractivity contribution < 1.29 is 17.9 Å². The smallest absolute Gasteiger partial charge is 0.330 e. The highest BCUT2D eigenvalue weighted by Gasteiger charge is 2.17. The molecule has 0 N–H and O–H groups in total. The highest BCUT2D eigenvalue weighted by atomic mass is 32.2. The molecular weight excluding hydrogens is 412 g/mol. The number of carbonyl (C=O) groups excluding carboxylic acids is 1. The van der Waals surface area contributed by atoms with E-state index >= 15 is 0 Å². The van der Waals surface area contributed by atoms with E-state index in [-0.39, 0.29) is 18.3 Å². The molecule has 1 rings (SSSR count). The fourth-order valence-electron chi connectivity index (χ4n) is 2.32. The first kappa shape index (κ1) is 28.3. The fourth-order valence-corrected chi connectivity index (χ4v) is 3.36. The summed E-state index contributed by atoms with van der Waals surface area (Å²) < 4.78 is 33.7. The van der Waals surface area contributed by atoms with Crippen LogP contribution in [0.15, 0.2) is 65.6 Å². The number of benzene rings is 1. The molecule has 6 nitrogen and oxygen atoms in total. The van der Waals surface area contributed by atoms with Crippen LogP contribution in [-0.4, -0.2) is 51.1 Å². The molecule has 0 saturated heterocycles. The van der Waals surface area contributed by atoms with Crippen molar-refractivity contribution in [2.24, 2.45) is 10.3 Å². The Morgan fingerprint density at radius 2 is 1.87 bits per heavy atom. The van der Waals surface area contributed by atoms with Gasteiger partial charge in [-0.05, 0) is 18.1 Å². The lowest BCUT2D eigenvalue weighted by Gasteiger charge is -2.23. The molecule has 0 fully saturated rings. The number of allylic oxidation sites excluding steroid dienone is 1. The zero-order chi connectivity index (χ0) is 23.7. The molecule has 7 heteroatoms. The first-order valence-corrected chi connectivity index (χ1v) is 12.1. The van der Waals surface area contributed by atoms with Crippen molar-refractivity contribution in [2.75, 3.05) is 26.0 Å². The van der Waals surface area contributed by atoms with E-state index < -0.39 is 16.0 Å². The van der Waals surface area contributed by atoms with Gasteiger partial charge in [0.1, 0.15) is 12.4 Å². The van der Waals surface area contributed by atoms with E-state index in [9.17, 15) is 13.2 Å². The number of nitrogens with zero attached hydrogens (tertiary/aromatic N) is 2. The Labute approximate surface area is 188 Å². The minimum atomic E-state index is -3.64. The van der Waals surface area contributed by atoms with Crippen molar-refractivity contribution in [3.63, 3.8) is 0 Å². The first-order chi connectivity index (χ1) is 14.8. The molecule has 1 aromatic carbocycles. The van der Waals surface area contributed by atoms with E-state index in [0.717, 1.165) is 12.0 Å². The van der Waals surface area contributed by atoms with Crippen LogP contribution in [-0.2, 0) is 19.6 Å². The maximum Gasteiger partial charge on any atom is 0.330 e. The molecule has 0 spiro atoms. The van der Waals surface area contributed by atoms with Crippen LogP contribution in [0.3, 0.4) is 0 Å². The summed E-state index contributed by atoms with van der Waals surface area (Å²) >= 11 is 0. The molecule has 0 radical (unpaired) electrons. The molecule has 0 bridgehead atoms. The molecule has 0 aliphatic carbocycles. The molecule has 31 heavy (non-hydrogen) atoms. The van der Waals surface area contributed by atoms with Gasteiger partial charge in [0.15, 0.2) is 0 Å². The third-order valence-electron chi connectivity index (χ3n) is 3.98. The molecule has 0 aliphatic rings. The van der Waals surface area contributed by atoms with Crippen LogP contribution in [0, 0.1) is 5.92 Å². The van der Waals surface area contributed by atoms with Crippen LogP contribution in [0.1, 0.15) is 39.7 Å². The summed E-state index contributed by atoms with van der Waals surface area (Å²) in [7, 11) is -1.93. The van der Waals surface area contributed by atoms with E-state index in [2.05, 4.69) is 11.0 Å². The van der Waals surface area contributed by atoms with Gasteiger partial charge in [-0.1, -0.05) is 76.3 Å². The molecule has 172 valence electrons. The Hall–Kier alpha value is -2.67. The molecule has 1 unspecified atom stereocenters. The van der Waals surface area contributed by atoms with Crippen LogP contribution in [0.25, 0.3) is 6.08 Å². The van der Waals surface area contributed by atoms with E-state index in [0.29, 0.717) is 12.4 Å². The van der Waals surface area contributed by atoms with Crippen LogP contribution in [0.2, 0.25) is 0 Å². The summed E-state index contributed by atoms with van der Waals surface area (Å²) in [6.45, 7) is 11.9. The second kappa shape index (κ2) is 16.1. The largest absolute Gasteiger partial charge is 0.461 e. The van der Waals surface area contributed by atoms with Gasteiger partial charge in [0.2, 0.25) is 0 Å². The SMILES string of the molecule is C=CC(C)/C(=N/S(=O)(=O)C/C=C\CC)N(C)CCOC(=O)/C=C/c1ccccc1.CC. The van der Waals surface area contributed by atoms with Crippen LogP contribution < -0.4 is 0 Å². The van der Waals surface area contributed by atoms with Crippen molar-refractivity contribution in [3.05, 3.63) is 66.8 Å². The highest BCUT2D eigenvalue weighted by Crippen LogP contribution is 2.08. The van der Waals surface area contributed by atoms with E-state index in [1.807, 2.05) is 58.0 Å². The summed E-state index contributed by atoms with van der Waals surface area (Å²) in [6.07, 6.45) is 8.81. The van der Waals surface area contributed by atoms with Crippen molar-refractivity contribution in [3.8, 4) is 0 Å². The predicted molar refractivity (Wildman–Crippen MR) is 130 cm³/mol. The van der Waals surface area contributed by atoms with Gasteiger partial charge >= 0.3 is 5.97 Å². The summed E-state index contributed by atoms with van der Waals surface area (Å²) in [6, 6.07) is 9.43. The lowest BCUT2D eigenvalue weighted by molar-refractivity contribution is -0.137. The van der Waals surface area contributed by atoms with Gasteiger partial charge < -0.3 is 9.64 Å². The average Bonchev–Trinajstić information content (AvgIpc) is 2.77. The molecule has 0 heterocycles. The molecule has 1 aromatic rings. The number of rotatable bonds is 11. The number of amidine groups is 1. The number of esters is 1. The van der Waals surface area contributed by atoms with Gasteiger partial charge in [-0.3, -0.25) is 0 Å². The zero-order valence-electron chi connectivity index (χ0n) is 19.3. The quantitative estimate of drug-likeness (QED) is 0.161. The summed E-state index contributed by atoms with van der Waals surface area (Å²) in [5.41, 5.74) is 0.901. The summed E-state index contributed by atoms with van der Waals surface area (Å²) in [4.78, 5) is 13.5.